The topological polar surface area (TPSA) is 52.3 Å². The first-order valence-corrected chi connectivity index (χ1v) is 6.89. The van der Waals surface area contributed by atoms with Crippen LogP contribution in [0.4, 0.5) is 0 Å². The normalized spacial score (nSPS) is 13.1. The average molecular weight is 263 g/mol. The Balaban J connectivity index is 2.68. The van der Waals surface area contributed by atoms with Crippen molar-refractivity contribution in [3.05, 3.63) is 35.9 Å². The van der Waals surface area contributed by atoms with Crippen molar-refractivity contribution in [1.82, 2.24) is 0 Å². The largest absolute Gasteiger partial charge is 0.460 e. The van der Waals surface area contributed by atoms with Crippen molar-refractivity contribution in [3.8, 4) is 0 Å². The van der Waals surface area contributed by atoms with Gasteiger partial charge >= 0.3 is 5.97 Å². The zero-order valence-corrected chi connectivity index (χ0v) is 12.2. The van der Waals surface area contributed by atoms with Gasteiger partial charge in [-0.2, -0.15) is 0 Å². The van der Waals surface area contributed by atoms with Gasteiger partial charge in [0.05, 0.1) is 5.92 Å². The van der Waals surface area contributed by atoms with Crippen LogP contribution in [0.15, 0.2) is 30.3 Å². The highest BCUT2D eigenvalue weighted by atomic mass is 16.6. The van der Waals surface area contributed by atoms with E-state index in [0.29, 0.717) is 6.54 Å². The lowest BCUT2D eigenvalue weighted by molar-refractivity contribution is -0.160. The van der Waals surface area contributed by atoms with Crippen LogP contribution < -0.4 is 5.73 Å². The van der Waals surface area contributed by atoms with Gasteiger partial charge in [0.1, 0.15) is 5.60 Å². The smallest absolute Gasteiger partial charge is 0.309 e. The SMILES string of the molecule is CC(C)(C)OC(=O)C(CCCN)Cc1ccccc1. The zero-order valence-electron chi connectivity index (χ0n) is 12.2. The minimum atomic E-state index is -0.436. The van der Waals surface area contributed by atoms with Gasteiger partial charge in [-0.05, 0) is 52.1 Å². The molecule has 2 N–H and O–H groups in total. The van der Waals surface area contributed by atoms with Crippen molar-refractivity contribution in [2.75, 3.05) is 6.54 Å². The van der Waals surface area contributed by atoms with Crippen molar-refractivity contribution in [2.24, 2.45) is 11.7 Å². The van der Waals surface area contributed by atoms with Crippen LogP contribution in [-0.4, -0.2) is 18.1 Å². The molecule has 0 aliphatic rings. The number of hydrogen-bond donors (Lipinski definition) is 1. The van der Waals surface area contributed by atoms with Crippen molar-refractivity contribution in [1.29, 1.82) is 0 Å². The molecule has 3 nitrogen and oxygen atoms in total. The molecular weight excluding hydrogens is 238 g/mol. The molecule has 0 aromatic heterocycles. The van der Waals surface area contributed by atoms with E-state index in [4.69, 9.17) is 10.5 Å². The summed E-state index contributed by atoms with van der Waals surface area (Å²) in [5, 5.41) is 0. The second kappa shape index (κ2) is 7.29. The van der Waals surface area contributed by atoms with E-state index in [1.54, 1.807) is 0 Å². The Morgan fingerprint density at radius 1 is 1.26 bits per heavy atom. The highest BCUT2D eigenvalue weighted by Crippen LogP contribution is 2.19. The molecule has 1 atom stereocenters. The molecule has 19 heavy (non-hydrogen) atoms. The number of nitrogens with two attached hydrogens (primary N) is 1. The van der Waals surface area contributed by atoms with Crippen LogP contribution in [0.1, 0.15) is 39.2 Å². The van der Waals surface area contributed by atoms with Gasteiger partial charge in [-0.25, -0.2) is 0 Å². The molecule has 1 rings (SSSR count). The van der Waals surface area contributed by atoms with Crippen LogP contribution in [0.3, 0.4) is 0 Å². The molecule has 0 aliphatic carbocycles. The fourth-order valence-corrected chi connectivity index (χ4v) is 1.95. The maximum absolute atomic E-state index is 12.2. The number of esters is 1. The summed E-state index contributed by atoms with van der Waals surface area (Å²) in [5.41, 5.74) is 6.27. The second-order valence-electron chi connectivity index (χ2n) is 5.85. The van der Waals surface area contributed by atoms with Crippen LogP contribution in [-0.2, 0) is 16.0 Å². The van der Waals surface area contributed by atoms with Gasteiger partial charge in [-0.1, -0.05) is 30.3 Å². The lowest BCUT2D eigenvalue weighted by Gasteiger charge is -2.24. The molecule has 0 saturated heterocycles. The first-order valence-electron chi connectivity index (χ1n) is 6.89. The highest BCUT2D eigenvalue weighted by molar-refractivity contribution is 5.73. The summed E-state index contributed by atoms with van der Waals surface area (Å²) < 4.78 is 5.49. The fraction of sp³-hybridized carbons (Fsp3) is 0.562. The zero-order chi connectivity index (χ0) is 14.3. The first kappa shape index (κ1) is 15.7. The Bertz CT molecular complexity index is 381. The van der Waals surface area contributed by atoms with Crippen molar-refractivity contribution < 1.29 is 9.53 Å². The minimum absolute atomic E-state index is 0.106. The summed E-state index contributed by atoms with van der Waals surface area (Å²) in [5.74, 6) is -0.227. The van der Waals surface area contributed by atoms with Crippen molar-refractivity contribution in [3.63, 3.8) is 0 Å². The van der Waals surface area contributed by atoms with E-state index in [2.05, 4.69) is 0 Å². The van der Waals surface area contributed by atoms with Crippen LogP contribution in [0.2, 0.25) is 0 Å². The molecule has 0 saturated carbocycles. The summed E-state index contributed by atoms with van der Waals surface area (Å²) in [4.78, 5) is 12.2. The molecule has 0 bridgehead atoms. The monoisotopic (exact) mass is 263 g/mol. The van der Waals surface area contributed by atoms with Crippen LogP contribution >= 0.6 is 0 Å². The number of rotatable bonds is 6. The van der Waals surface area contributed by atoms with Crippen LogP contribution in [0.25, 0.3) is 0 Å². The standard InChI is InChI=1S/C16H25NO2/c1-16(2,3)19-15(18)14(10-7-11-17)12-13-8-5-4-6-9-13/h4-6,8-9,14H,7,10-12,17H2,1-3H3. The maximum Gasteiger partial charge on any atom is 0.309 e. The molecule has 0 radical (unpaired) electrons. The Labute approximate surface area is 116 Å². The third-order valence-electron chi connectivity index (χ3n) is 2.82. The van der Waals surface area contributed by atoms with Gasteiger partial charge in [-0.15, -0.1) is 0 Å². The Kier molecular flexibility index (Phi) is 6.03. The number of benzene rings is 1. The number of carbonyl (C=O) groups excluding carboxylic acids is 1. The summed E-state index contributed by atoms with van der Waals surface area (Å²) in [6.45, 7) is 6.29. The van der Waals surface area contributed by atoms with E-state index < -0.39 is 5.60 Å². The predicted molar refractivity (Wildman–Crippen MR) is 77.8 cm³/mol. The quantitative estimate of drug-likeness (QED) is 0.803. The first-order chi connectivity index (χ1) is 8.92. The molecule has 1 unspecified atom stereocenters. The van der Waals surface area contributed by atoms with E-state index in [1.165, 1.54) is 0 Å². The summed E-state index contributed by atoms with van der Waals surface area (Å²) in [6.07, 6.45) is 2.34. The van der Waals surface area contributed by atoms with Crippen molar-refractivity contribution in [2.45, 2.75) is 45.6 Å². The fourth-order valence-electron chi connectivity index (χ4n) is 1.95. The summed E-state index contributed by atoms with van der Waals surface area (Å²) in [6, 6.07) is 10.0. The third-order valence-corrected chi connectivity index (χ3v) is 2.82. The lowest BCUT2D eigenvalue weighted by Crippen LogP contribution is -2.30. The van der Waals surface area contributed by atoms with E-state index in [9.17, 15) is 4.79 Å². The Morgan fingerprint density at radius 3 is 2.42 bits per heavy atom. The van der Waals surface area contributed by atoms with Gasteiger partial charge in [0.2, 0.25) is 0 Å². The molecule has 0 heterocycles. The van der Waals surface area contributed by atoms with Gasteiger partial charge in [0, 0.05) is 0 Å². The predicted octanol–water partition coefficient (Wildman–Crippen LogP) is 2.93. The summed E-state index contributed by atoms with van der Waals surface area (Å²) >= 11 is 0. The van der Waals surface area contributed by atoms with E-state index in [1.807, 2.05) is 51.1 Å². The maximum atomic E-state index is 12.2. The van der Waals surface area contributed by atoms with Gasteiger partial charge < -0.3 is 10.5 Å². The third kappa shape index (κ3) is 6.39. The number of hydrogen-bond acceptors (Lipinski definition) is 3. The lowest BCUT2D eigenvalue weighted by atomic mass is 9.94. The van der Waals surface area contributed by atoms with Crippen LogP contribution in [0, 0.1) is 5.92 Å². The molecule has 0 fully saturated rings. The molecule has 0 spiro atoms. The molecule has 3 heteroatoms. The molecular formula is C16H25NO2. The minimum Gasteiger partial charge on any atom is -0.460 e. The second-order valence-corrected chi connectivity index (χ2v) is 5.85. The van der Waals surface area contributed by atoms with Crippen LogP contribution in [0.5, 0.6) is 0 Å². The molecule has 1 aromatic rings. The van der Waals surface area contributed by atoms with E-state index in [0.717, 1.165) is 24.8 Å². The Morgan fingerprint density at radius 2 is 1.89 bits per heavy atom. The Hall–Kier alpha value is -1.35. The van der Waals surface area contributed by atoms with E-state index in [-0.39, 0.29) is 11.9 Å². The highest BCUT2D eigenvalue weighted by Gasteiger charge is 2.24. The summed E-state index contributed by atoms with van der Waals surface area (Å²) in [7, 11) is 0. The average Bonchev–Trinajstić information content (AvgIpc) is 2.33. The number of ether oxygens (including phenoxy) is 1. The van der Waals surface area contributed by atoms with Gasteiger partial charge in [0.15, 0.2) is 0 Å². The van der Waals surface area contributed by atoms with E-state index >= 15 is 0 Å². The number of carbonyl (C=O) groups is 1. The van der Waals surface area contributed by atoms with Gasteiger partial charge in [0.25, 0.3) is 0 Å². The van der Waals surface area contributed by atoms with Gasteiger partial charge in [-0.3, -0.25) is 4.79 Å². The molecule has 1 aromatic carbocycles. The molecule has 0 aliphatic heterocycles. The molecule has 0 amide bonds. The van der Waals surface area contributed by atoms with Crippen molar-refractivity contribution >= 4 is 5.97 Å². The molecule has 106 valence electrons.